The third-order valence-electron chi connectivity index (χ3n) is 6.99. The fraction of sp³-hybridized carbons (Fsp3) is 0.241. The van der Waals surface area contributed by atoms with Crippen LogP contribution in [0.25, 0.3) is 10.9 Å². The number of rotatable bonds is 7. The number of likely N-dealkylation sites (tertiary alicyclic amines) is 1. The number of benzene rings is 3. The van der Waals surface area contributed by atoms with Crippen molar-refractivity contribution >= 4 is 46.1 Å². The summed E-state index contributed by atoms with van der Waals surface area (Å²) < 4.78 is 30.2. The molecule has 0 aliphatic carbocycles. The van der Waals surface area contributed by atoms with Crippen molar-refractivity contribution in [3.8, 4) is 0 Å². The number of hydrogen-bond donors (Lipinski definition) is 1. The molecule has 5 nitrogen and oxygen atoms in total. The van der Waals surface area contributed by atoms with Crippen LogP contribution in [0.5, 0.6) is 0 Å². The molecule has 38 heavy (non-hydrogen) atoms. The highest BCUT2D eigenvalue weighted by Gasteiger charge is 2.28. The molecule has 9 heteroatoms. The SMILES string of the molecule is Cc1c(Sc2cccc(C(=O)O)c2)c2ccc(Cl)c(F)c2n1CC(=O)N1CC[C@H](Cc2ccc(F)cc2)C1. The highest BCUT2D eigenvalue weighted by molar-refractivity contribution is 7.99. The Labute approximate surface area is 228 Å². The molecular weight excluding hydrogens is 530 g/mol. The van der Waals surface area contributed by atoms with Crippen LogP contribution in [-0.2, 0) is 17.8 Å². The van der Waals surface area contributed by atoms with E-state index in [1.54, 1.807) is 45.9 Å². The van der Waals surface area contributed by atoms with Gasteiger partial charge in [-0.25, -0.2) is 13.6 Å². The third kappa shape index (κ3) is 5.28. The maximum atomic E-state index is 15.3. The van der Waals surface area contributed by atoms with Gasteiger partial charge in [0.2, 0.25) is 5.91 Å². The highest BCUT2D eigenvalue weighted by Crippen LogP contribution is 2.41. The minimum atomic E-state index is -1.03. The fourth-order valence-electron chi connectivity index (χ4n) is 5.02. The highest BCUT2D eigenvalue weighted by atomic mass is 35.5. The average molecular weight is 555 g/mol. The van der Waals surface area contributed by atoms with E-state index in [9.17, 15) is 19.1 Å². The average Bonchev–Trinajstić information content (AvgIpc) is 3.47. The lowest BCUT2D eigenvalue weighted by Gasteiger charge is -2.18. The molecule has 2 heterocycles. The van der Waals surface area contributed by atoms with Crippen LogP contribution in [0.15, 0.2) is 70.5 Å². The van der Waals surface area contributed by atoms with Crippen molar-refractivity contribution in [2.75, 3.05) is 13.1 Å². The molecule has 0 saturated carbocycles. The van der Waals surface area contributed by atoms with Crippen molar-refractivity contribution in [2.45, 2.75) is 36.1 Å². The van der Waals surface area contributed by atoms with Gasteiger partial charge >= 0.3 is 5.97 Å². The first kappa shape index (κ1) is 26.3. The lowest BCUT2D eigenvalue weighted by Crippen LogP contribution is -2.32. The number of carboxylic acid groups (broad SMARTS) is 1. The van der Waals surface area contributed by atoms with E-state index >= 15 is 4.39 Å². The Balaban J connectivity index is 1.40. The number of halogens is 3. The first-order chi connectivity index (χ1) is 18.2. The normalized spacial score (nSPS) is 15.4. The first-order valence-electron chi connectivity index (χ1n) is 12.2. The summed E-state index contributed by atoms with van der Waals surface area (Å²) in [5.74, 6) is -1.74. The molecule has 5 rings (SSSR count). The van der Waals surface area contributed by atoms with Gasteiger partial charge in [-0.15, -0.1) is 0 Å². The predicted octanol–water partition coefficient (Wildman–Crippen LogP) is 6.82. The maximum Gasteiger partial charge on any atom is 0.335 e. The molecule has 1 aliphatic rings. The summed E-state index contributed by atoms with van der Waals surface area (Å²) >= 11 is 7.45. The molecular formula is C29H25ClF2N2O3S. The van der Waals surface area contributed by atoms with Crippen molar-refractivity contribution in [3.63, 3.8) is 0 Å². The van der Waals surface area contributed by atoms with E-state index in [0.29, 0.717) is 29.1 Å². The minimum absolute atomic E-state index is 0.0337. The smallest absolute Gasteiger partial charge is 0.335 e. The van der Waals surface area contributed by atoms with E-state index in [1.807, 2.05) is 6.92 Å². The van der Waals surface area contributed by atoms with Crippen LogP contribution in [-0.4, -0.2) is 39.5 Å². The summed E-state index contributed by atoms with van der Waals surface area (Å²) in [6.07, 6.45) is 1.60. The summed E-state index contributed by atoms with van der Waals surface area (Å²) in [4.78, 5) is 28.0. The summed E-state index contributed by atoms with van der Waals surface area (Å²) in [6.45, 7) is 2.97. The summed E-state index contributed by atoms with van der Waals surface area (Å²) in [7, 11) is 0. The number of hydrogen-bond acceptors (Lipinski definition) is 3. The molecule has 1 atom stereocenters. The van der Waals surface area contributed by atoms with Crippen molar-refractivity contribution < 1.29 is 23.5 Å². The number of carboxylic acids is 1. The number of fused-ring (bicyclic) bond motifs is 1. The Morgan fingerprint density at radius 3 is 2.61 bits per heavy atom. The molecule has 4 aromatic rings. The van der Waals surface area contributed by atoms with E-state index in [4.69, 9.17) is 11.6 Å². The molecule has 1 aliphatic heterocycles. The van der Waals surface area contributed by atoms with Crippen molar-refractivity contribution in [1.82, 2.24) is 9.47 Å². The van der Waals surface area contributed by atoms with Crippen LogP contribution < -0.4 is 0 Å². The molecule has 1 fully saturated rings. The van der Waals surface area contributed by atoms with Crippen molar-refractivity contribution in [1.29, 1.82) is 0 Å². The van der Waals surface area contributed by atoms with Crippen LogP contribution in [0.2, 0.25) is 5.02 Å². The Bertz CT molecular complexity index is 1540. The Kier molecular flexibility index (Phi) is 7.45. The van der Waals surface area contributed by atoms with Crippen LogP contribution in [0.1, 0.15) is 28.0 Å². The number of aromatic carboxylic acids is 1. The molecule has 3 aromatic carbocycles. The van der Waals surface area contributed by atoms with E-state index in [2.05, 4.69) is 0 Å². The van der Waals surface area contributed by atoms with Crippen LogP contribution in [0.3, 0.4) is 0 Å². The molecule has 1 N–H and O–H groups in total. The molecule has 0 unspecified atom stereocenters. The predicted molar refractivity (Wildman–Crippen MR) is 144 cm³/mol. The zero-order valence-electron chi connectivity index (χ0n) is 20.6. The third-order valence-corrected chi connectivity index (χ3v) is 8.49. The number of amides is 1. The molecule has 196 valence electrons. The zero-order valence-corrected chi connectivity index (χ0v) is 22.2. The lowest BCUT2D eigenvalue weighted by molar-refractivity contribution is -0.130. The zero-order chi connectivity index (χ0) is 27.0. The fourth-order valence-corrected chi connectivity index (χ4v) is 6.28. The van der Waals surface area contributed by atoms with E-state index in [0.717, 1.165) is 23.3 Å². The van der Waals surface area contributed by atoms with Gasteiger partial charge in [0.1, 0.15) is 12.4 Å². The molecule has 1 saturated heterocycles. The van der Waals surface area contributed by atoms with Gasteiger partial charge < -0.3 is 14.6 Å². The van der Waals surface area contributed by atoms with Gasteiger partial charge in [0.05, 0.1) is 16.1 Å². The minimum Gasteiger partial charge on any atom is -0.478 e. The quantitative estimate of drug-likeness (QED) is 0.272. The van der Waals surface area contributed by atoms with Gasteiger partial charge in [-0.1, -0.05) is 41.6 Å². The largest absolute Gasteiger partial charge is 0.478 e. The van der Waals surface area contributed by atoms with Crippen molar-refractivity contribution in [3.05, 3.63) is 94.1 Å². The van der Waals surface area contributed by atoms with Gasteiger partial charge in [-0.3, -0.25) is 4.79 Å². The molecule has 0 spiro atoms. The standard InChI is InChI=1S/C29H25ClF2N2O3S/c1-17-28(38-22-4-2-3-20(14-22)29(36)37)23-9-10-24(30)26(32)27(23)34(17)16-25(35)33-12-11-19(15-33)13-18-5-7-21(31)8-6-18/h2-10,14,19H,11-13,15-16H2,1H3,(H,36,37)/t19-/m1/s1. The van der Waals surface area contributed by atoms with Crippen LogP contribution >= 0.6 is 23.4 Å². The molecule has 1 amide bonds. The molecule has 0 radical (unpaired) electrons. The Morgan fingerprint density at radius 2 is 1.87 bits per heavy atom. The second-order valence-electron chi connectivity index (χ2n) is 9.52. The maximum absolute atomic E-state index is 15.3. The second kappa shape index (κ2) is 10.8. The summed E-state index contributed by atoms with van der Waals surface area (Å²) in [5.41, 5.74) is 2.14. The second-order valence-corrected chi connectivity index (χ2v) is 11.0. The lowest BCUT2D eigenvalue weighted by atomic mass is 9.99. The van der Waals surface area contributed by atoms with Crippen molar-refractivity contribution in [2.24, 2.45) is 5.92 Å². The van der Waals surface area contributed by atoms with Gasteiger partial charge in [-0.2, -0.15) is 0 Å². The van der Waals surface area contributed by atoms with E-state index in [-0.39, 0.29) is 40.3 Å². The van der Waals surface area contributed by atoms with Crippen LogP contribution in [0, 0.1) is 24.5 Å². The van der Waals surface area contributed by atoms with Crippen LogP contribution in [0.4, 0.5) is 8.78 Å². The number of nitrogens with zero attached hydrogens (tertiary/aromatic N) is 2. The topological polar surface area (TPSA) is 62.5 Å². The number of aromatic nitrogens is 1. The van der Waals surface area contributed by atoms with Gasteiger partial charge in [0.15, 0.2) is 5.82 Å². The first-order valence-corrected chi connectivity index (χ1v) is 13.4. The molecule has 1 aromatic heterocycles. The summed E-state index contributed by atoms with van der Waals surface area (Å²) in [6, 6.07) is 16.2. The van der Waals surface area contributed by atoms with E-state index < -0.39 is 11.8 Å². The molecule has 0 bridgehead atoms. The Morgan fingerprint density at radius 1 is 1.11 bits per heavy atom. The number of carbonyl (C=O) groups excluding carboxylic acids is 1. The number of carbonyl (C=O) groups is 2. The van der Waals surface area contributed by atoms with Gasteiger partial charge in [0, 0.05) is 34.0 Å². The monoisotopic (exact) mass is 554 g/mol. The van der Waals surface area contributed by atoms with E-state index in [1.165, 1.54) is 36.0 Å². The van der Waals surface area contributed by atoms with Gasteiger partial charge in [-0.05, 0) is 73.7 Å². The summed E-state index contributed by atoms with van der Waals surface area (Å²) in [5, 5.41) is 9.93. The van der Waals surface area contributed by atoms with Gasteiger partial charge in [0.25, 0.3) is 0 Å². The Hall–Kier alpha value is -3.36.